The zero-order chi connectivity index (χ0) is 13.0. The van der Waals surface area contributed by atoms with E-state index in [2.05, 4.69) is 0 Å². The van der Waals surface area contributed by atoms with Gasteiger partial charge in [0.2, 0.25) is 0 Å². The van der Waals surface area contributed by atoms with Crippen LogP contribution >= 0.6 is 0 Å². The second-order valence-electron chi connectivity index (χ2n) is 5.20. The van der Waals surface area contributed by atoms with Gasteiger partial charge in [0.1, 0.15) is 6.10 Å². The van der Waals surface area contributed by atoms with Crippen molar-refractivity contribution in [3.8, 4) is 0 Å². The van der Waals surface area contributed by atoms with E-state index in [0.29, 0.717) is 0 Å². The highest BCUT2D eigenvalue weighted by molar-refractivity contribution is 5.95. The van der Waals surface area contributed by atoms with Crippen LogP contribution in [0.5, 0.6) is 0 Å². The van der Waals surface area contributed by atoms with Gasteiger partial charge < -0.3 is 9.47 Å². The molecule has 0 bridgehead atoms. The Hall–Kier alpha value is -1.06. The van der Waals surface area contributed by atoms with Crippen molar-refractivity contribution in [3.63, 3.8) is 0 Å². The Bertz CT molecular complexity index is 279. The molecule has 0 aromatic carbocycles. The molecule has 0 aromatic rings. The van der Waals surface area contributed by atoms with Gasteiger partial charge in [-0.05, 0) is 39.0 Å². The van der Waals surface area contributed by atoms with Crippen molar-refractivity contribution in [3.05, 3.63) is 0 Å². The molecule has 1 fully saturated rings. The summed E-state index contributed by atoms with van der Waals surface area (Å²) in [5.74, 6) is -1.80. The first-order chi connectivity index (χ1) is 7.91. The van der Waals surface area contributed by atoms with Crippen LogP contribution in [0, 0.1) is 11.8 Å². The summed E-state index contributed by atoms with van der Waals surface area (Å²) in [4.78, 5) is 23.7. The molecule has 98 valence electrons. The number of carbonyl (C=O) groups is 2. The van der Waals surface area contributed by atoms with Gasteiger partial charge in [-0.15, -0.1) is 0 Å². The average molecular weight is 242 g/mol. The predicted octanol–water partition coefficient (Wildman–Crippen LogP) is 2.31. The Morgan fingerprint density at radius 1 is 1.06 bits per heavy atom. The van der Waals surface area contributed by atoms with Crippen LogP contribution in [-0.4, -0.2) is 24.1 Å². The summed E-state index contributed by atoms with van der Waals surface area (Å²) in [6, 6.07) is 0. The Balaban J connectivity index is 2.56. The molecular weight excluding hydrogens is 220 g/mol. The number of carbonyl (C=O) groups excluding carboxylic acids is 2. The van der Waals surface area contributed by atoms with Crippen LogP contribution in [0.2, 0.25) is 0 Å². The minimum Gasteiger partial charge on any atom is -0.462 e. The van der Waals surface area contributed by atoms with Gasteiger partial charge in [-0.3, -0.25) is 9.59 Å². The zero-order valence-electron chi connectivity index (χ0n) is 11.1. The molecule has 1 saturated carbocycles. The topological polar surface area (TPSA) is 52.6 Å². The average Bonchev–Trinajstić information content (AvgIpc) is 2.09. The fourth-order valence-corrected chi connectivity index (χ4v) is 1.67. The summed E-state index contributed by atoms with van der Waals surface area (Å²) >= 11 is 0. The highest BCUT2D eigenvalue weighted by Crippen LogP contribution is 2.25. The largest absolute Gasteiger partial charge is 0.462 e. The molecule has 0 amide bonds. The molecule has 4 heteroatoms. The summed E-state index contributed by atoms with van der Waals surface area (Å²) in [5.41, 5.74) is 0. The molecule has 0 aromatic heterocycles. The normalized spacial score (nSPS) is 17.8. The molecule has 0 heterocycles. The van der Waals surface area contributed by atoms with E-state index < -0.39 is 17.9 Å². The Morgan fingerprint density at radius 2 is 1.65 bits per heavy atom. The summed E-state index contributed by atoms with van der Waals surface area (Å²) in [7, 11) is 0. The first-order valence-corrected chi connectivity index (χ1v) is 6.32. The van der Waals surface area contributed by atoms with Gasteiger partial charge >= 0.3 is 11.9 Å². The standard InChI is InChI=1S/C13H22O4/c1-8(2)11(12(14)16-9(3)4)13(15)17-10-6-5-7-10/h8-11H,5-7H2,1-4H3. The van der Waals surface area contributed by atoms with Gasteiger partial charge in [-0.2, -0.15) is 0 Å². The lowest BCUT2D eigenvalue weighted by Gasteiger charge is -2.28. The second kappa shape index (κ2) is 6.03. The monoisotopic (exact) mass is 242 g/mol. The smallest absolute Gasteiger partial charge is 0.320 e. The van der Waals surface area contributed by atoms with Crippen molar-refractivity contribution in [1.29, 1.82) is 0 Å². The Labute approximate surface area is 103 Å². The van der Waals surface area contributed by atoms with Crippen LogP contribution in [0.3, 0.4) is 0 Å². The fourth-order valence-electron chi connectivity index (χ4n) is 1.67. The Kier molecular flexibility index (Phi) is 4.97. The maximum Gasteiger partial charge on any atom is 0.320 e. The van der Waals surface area contributed by atoms with E-state index in [1.807, 2.05) is 13.8 Å². The summed E-state index contributed by atoms with van der Waals surface area (Å²) < 4.78 is 10.4. The van der Waals surface area contributed by atoms with Crippen LogP contribution in [0.25, 0.3) is 0 Å². The van der Waals surface area contributed by atoms with Crippen molar-refractivity contribution in [2.75, 3.05) is 0 Å². The molecular formula is C13H22O4. The second-order valence-corrected chi connectivity index (χ2v) is 5.20. The summed E-state index contributed by atoms with van der Waals surface area (Å²) in [5, 5.41) is 0. The predicted molar refractivity (Wildman–Crippen MR) is 63.3 cm³/mol. The van der Waals surface area contributed by atoms with E-state index in [0.717, 1.165) is 19.3 Å². The molecule has 1 unspecified atom stereocenters. The van der Waals surface area contributed by atoms with E-state index >= 15 is 0 Å². The lowest BCUT2D eigenvalue weighted by Crippen LogP contribution is -2.37. The molecule has 0 radical (unpaired) electrons. The third kappa shape index (κ3) is 4.02. The Morgan fingerprint density at radius 3 is 2.00 bits per heavy atom. The number of ether oxygens (including phenoxy) is 2. The first kappa shape index (κ1) is 14.0. The van der Waals surface area contributed by atoms with Crippen LogP contribution in [0.1, 0.15) is 47.0 Å². The van der Waals surface area contributed by atoms with Crippen LogP contribution in [0.15, 0.2) is 0 Å². The van der Waals surface area contributed by atoms with Crippen molar-refractivity contribution in [1.82, 2.24) is 0 Å². The fraction of sp³-hybridized carbons (Fsp3) is 0.846. The summed E-state index contributed by atoms with van der Waals surface area (Å²) in [6.07, 6.45) is 2.72. The highest BCUT2D eigenvalue weighted by Gasteiger charge is 2.35. The molecule has 1 aliphatic rings. The number of hydrogen-bond donors (Lipinski definition) is 0. The van der Waals surface area contributed by atoms with E-state index in [1.54, 1.807) is 13.8 Å². The maximum atomic E-state index is 11.9. The van der Waals surface area contributed by atoms with Crippen molar-refractivity contribution in [2.45, 2.75) is 59.2 Å². The van der Waals surface area contributed by atoms with E-state index in [9.17, 15) is 9.59 Å². The third-order valence-electron chi connectivity index (χ3n) is 2.86. The van der Waals surface area contributed by atoms with Crippen molar-refractivity contribution >= 4 is 11.9 Å². The lowest BCUT2D eigenvalue weighted by molar-refractivity contribution is -0.171. The zero-order valence-corrected chi connectivity index (χ0v) is 11.1. The van der Waals surface area contributed by atoms with E-state index in [1.165, 1.54) is 0 Å². The minimum absolute atomic E-state index is 0.00981. The summed E-state index contributed by atoms with van der Waals surface area (Å²) in [6.45, 7) is 7.20. The van der Waals surface area contributed by atoms with Gasteiger partial charge in [0.25, 0.3) is 0 Å². The van der Waals surface area contributed by atoms with Gasteiger partial charge in [0.15, 0.2) is 5.92 Å². The minimum atomic E-state index is -0.794. The maximum absolute atomic E-state index is 11.9. The molecule has 0 aliphatic heterocycles. The van der Waals surface area contributed by atoms with E-state index in [-0.39, 0.29) is 18.1 Å². The number of hydrogen-bond acceptors (Lipinski definition) is 4. The quantitative estimate of drug-likeness (QED) is 0.548. The van der Waals surface area contributed by atoms with Crippen LogP contribution in [0.4, 0.5) is 0 Å². The molecule has 1 atom stereocenters. The molecule has 1 rings (SSSR count). The van der Waals surface area contributed by atoms with Crippen LogP contribution in [-0.2, 0) is 19.1 Å². The molecule has 4 nitrogen and oxygen atoms in total. The molecule has 0 spiro atoms. The molecule has 17 heavy (non-hydrogen) atoms. The molecule has 1 aliphatic carbocycles. The lowest BCUT2D eigenvalue weighted by atomic mass is 9.93. The number of esters is 2. The van der Waals surface area contributed by atoms with Gasteiger partial charge in [0.05, 0.1) is 6.10 Å². The molecule has 0 N–H and O–H groups in total. The molecule has 0 saturated heterocycles. The van der Waals surface area contributed by atoms with Crippen molar-refractivity contribution in [2.24, 2.45) is 11.8 Å². The van der Waals surface area contributed by atoms with Gasteiger partial charge in [-0.25, -0.2) is 0 Å². The van der Waals surface area contributed by atoms with E-state index in [4.69, 9.17) is 9.47 Å². The van der Waals surface area contributed by atoms with Gasteiger partial charge in [-0.1, -0.05) is 13.8 Å². The van der Waals surface area contributed by atoms with Crippen molar-refractivity contribution < 1.29 is 19.1 Å². The van der Waals surface area contributed by atoms with Crippen LogP contribution < -0.4 is 0 Å². The highest BCUT2D eigenvalue weighted by atomic mass is 16.6. The number of rotatable bonds is 5. The SMILES string of the molecule is CC(C)OC(=O)C(C(=O)OC1CCC1)C(C)C. The first-order valence-electron chi connectivity index (χ1n) is 6.32. The third-order valence-corrected chi connectivity index (χ3v) is 2.86. The van der Waals surface area contributed by atoms with Gasteiger partial charge in [0, 0.05) is 0 Å².